The molecule has 0 amide bonds. The van der Waals surface area contributed by atoms with Gasteiger partial charge in [0.1, 0.15) is 5.75 Å². The Bertz CT molecular complexity index is 332. The molecule has 0 fully saturated rings. The number of benzene rings is 1. The van der Waals surface area contributed by atoms with Crippen LogP contribution in [0.5, 0.6) is 5.75 Å². The molecule has 0 aromatic heterocycles. The average molecular weight is 326 g/mol. The maximum Gasteiger partial charge on any atom is 0.120 e. The molecule has 0 unspecified atom stereocenters. The minimum absolute atomic E-state index is 0.663. The number of hydrogen-bond donors (Lipinski definition) is 0. The molecule has 1 rings (SSSR count). The zero-order valence-corrected chi connectivity index (χ0v) is 10.8. The molecule has 0 aliphatic carbocycles. The predicted octanol–water partition coefficient (Wildman–Crippen LogP) is 4.44. The van der Waals surface area contributed by atoms with Gasteiger partial charge in [0.2, 0.25) is 0 Å². The van der Waals surface area contributed by atoms with Crippen LogP contribution in [0.4, 0.5) is 0 Å². The first kappa shape index (κ1) is 11.1. The fourth-order valence-electron chi connectivity index (χ4n) is 0.869. The molecule has 0 saturated carbocycles. The Morgan fingerprint density at radius 2 is 2.15 bits per heavy atom. The Kier molecular flexibility index (Phi) is 4.29. The average Bonchev–Trinajstić information content (AvgIpc) is 2.08. The highest BCUT2D eigenvalue weighted by molar-refractivity contribution is 9.28. The second-order valence-corrected chi connectivity index (χ2v) is 5.50. The second kappa shape index (κ2) is 5.03. The van der Waals surface area contributed by atoms with Crippen LogP contribution in [0.2, 0.25) is 5.02 Å². The van der Waals surface area contributed by atoms with E-state index in [1.54, 1.807) is 13.2 Å². The van der Waals surface area contributed by atoms with Crippen LogP contribution in [0.15, 0.2) is 21.6 Å². The van der Waals surface area contributed by atoms with Gasteiger partial charge in [0.25, 0.3) is 0 Å². The van der Waals surface area contributed by atoms with Crippen LogP contribution in [-0.4, -0.2) is 7.11 Å². The summed E-state index contributed by atoms with van der Waals surface area (Å²) < 4.78 is 5.88. The molecule has 1 aromatic carbocycles. The molecule has 0 N–H and O–H groups in total. The lowest BCUT2D eigenvalue weighted by Gasteiger charge is -2.02. The lowest BCUT2D eigenvalue weighted by Crippen LogP contribution is -1.83. The highest BCUT2D eigenvalue weighted by Crippen LogP contribution is 2.26. The van der Waals surface area contributed by atoms with Gasteiger partial charge in [-0.2, -0.15) is 0 Å². The molecule has 0 heterocycles. The zero-order chi connectivity index (χ0) is 9.84. The van der Waals surface area contributed by atoms with Crippen LogP contribution in [0.25, 0.3) is 6.08 Å². The van der Waals surface area contributed by atoms with Crippen molar-refractivity contribution in [1.29, 1.82) is 0 Å². The second-order valence-electron chi connectivity index (χ2n) is 2.32. The summed E-state index contributed by atoms with van der Waals surface area (Å²) >= 11 is 12.5. The molecule has 70 valence electrons. The molecule has 4 heteroatoms. The van der Waals surface area contributed by atoms with Gasteiger partial charge >= 0.3 is 0 Å². The Balaban J connectivity index is 3.05. The summed E-state index contributed by atoms with van der Waals surface area (Å²) in [6.07, 6.45) is 1.88. The SMILES string of the molecule is COc1ccc(C=C(Br)Br)c(Cl)c1. The van der Waals surface area contributed by atoms with Crippen molar-refractivity contribution in [2.24, 2.45) is 0 Å². The monoisotopic (exact) mass is 324 g/mol. The number of ether oxygens (including phenoxy) is 1. The van der Waals surface area contributed by atoms with E-state index in [1.807, 2.05) is 18.2 Å². The number of hydrogen-bond acceptors (Lipinski definition) is 1. The molecule has 0 saturated heterocycles. The fourth-order valence-corrected chi connectivity index (χ4v) is 1.59. The van der Waals surface area contributed by atoms with Crippen molar-refractivity contribution in [3.8, 4) is 5.75 Å². The highest BCUT2D eigenvalue weighted by Gasteiger charge is 1.99. The van der Waals surface area contributed by atoms with E-state index in [2.05, 4.69) is 31.9 Å². The molecular weight excluding hydrogens is 319 g/mol. The van der Waals surface area contributed by atoms with E-state index in [9.17, 15) is 0 Å². The van der Waals surface area contributed by atoms with Crippen LogP contribution < -0.4 is 4.74 Å². The van der Waals surface area contributed by atoms with Gasteiger partial charge in [0, 0.05) is 0 Å². The van der Waals surface area contributed by atoms with Crippen LogP contribution in [0, 0.1) is 0 Å². The summed E-state index contributed by atoms with van der Waals surface area (Å²) in [7, 11) is 1.61. The fraction of sp³-hybridized carbons (Fsp3) is 0.111. The smallest absolute Gasteiger partial charge is 0.120 e. The highest BCUT2D eigenvalue weighted by atomic mass is 79.9. The third-order valence-electron chi connectivity index (χ3n) is 1.47. The van der Waals surface area contributed by atoms with E-state index in [4.69, 9.17) is 16.3 Å². The molecule has 13 heavy (non-hydrogen) atoms. The quantitative estimate of drug-likeness (QED) is 0.781. The van der Waals surface area contributed by atoms with Crippen LogP contribution in [-0.2, 0) is 0 Å². The summed E-state index contributed by atoms with van der Waals surface area (Å²) in [6.45, 7) is 0. The molecule has 0 spiro atoms. The van der Waals surface area contributed by atoms with Gasteiger partial charge in [-0.25, -0.2) is 0 Å². The van der Waals surface area contributed by atoms with Crippen molar-refractivity contribution in [3.05, 3.63) is 32.2 Å². The maximum absolute atomic E-state index is 5.99. The first-order valence-corrected chi connectivity index (χ1v) is 5.46. The number of halogens is 3. The van der Waals surface area contributed by atoms with Crippen molar-refractivity contribution in [2.45, 2.75) is 0 Å². The third-order valence-corrected chi connectivity index (χ3v) is 2.26. The topological polar surface area (TPSA) is 9.23 Å². The van der Waals surface area contributed by atoms with Crippen molar-refractivity contribution in [3.63, 3.8) is 0 Å². The van der Waals surface area contributed by atoms with E-state index in [-0.39, 0.29) is 0 Å². The lowest BCUT2D eigenvalue weighted by atomic mass is 10.2. The Hall–Kier alpha value is 0.01000. The minimum Gasteiger partial charge on any atom is -0.497 e. The Morgan fingerprint density at radius 3 is 2.62 bits per heavy atom. The number of methoxy groups -OCH3 is 1. The standard InChI is InChI=1S/C9H7Br2ClO/c1-13-7-3-2-6(4-9(10)11)8(12)5-7/h2-5H,1H3. The zero-order valence-electron chi connectivity index (χ0n) is 6.85. The van der Waals surface area contributed by atoms with Gasteiger partial charge in [0.05, 0.1) is 15.5 Å². The summed E-state index contributed by atoms with van der Waals surface area (Å²) in [4.78, 5) is 0. The van der Waals surface area contributed by atoms with Gasteiger partial charge in [-0.1, -0.05) is 11.6 Å². The summed E-state index contributed by atoms with van der Waals surface area (Å²) in [5.41, 5.74) is 0.936. The van der Waals surface area contributed by atoms with E-state index >= 15 is 0 Å². The third kappa shape index (κ3) is 3.33. The lowest BCUT2D eigenvalue weighted by molar-refractivity contribution is 0.415. The van der Waals surface area contributed by atoms with Crippen LogP contribution in [0.3, 0.4) is 0 Å². The Morgan fingerprint density at radius 1 is 1.46 bits per heavy atom. The first-order valence-electron chi connectivity index (χ1n) is 3.49. The van der Waals surface area contributed by atoms with Gasteiger partial charge in [-0.15, -0.1) is 0 Å². The number of rotatable bonds is 2. The van der Waals surface area contributed by atoms with Crippen LogP contribution >= 0.6 is 43.5 Å². The van der Waals surface area contributed by atoms with Gasteiger partial charge in [-0.3, -0.25) is 0 Å². The van der Waals surface area contributed by atoms with E-state index in [0.29, 0.717) is 5.02 Å². The summed E-state index contributed by atoms with van der Waals surface area (Å²) in [6, 6.07) is 5.53. The van der Waals surface area contributed by atoms with Gasteiger partial charge in [0.15, 0.2) is 0 Å². The Labute approximate surface area is 99.0 Å². The van der Waals surface area contributed by atoms with Gasteiger partial charge in [-0.05, 0) is 61.7 Å². The van der Waals surface area contributed by atoms with E-state index in [0.717, 1.165) is 14.7 Å². The van der Waals surface area contributed by atoms with Crippen molar-refractivity contribution < 1.29 is 4.74 Å². The maximum atomic E-state index is 5.99. The molecule has 1 nitrogen and oxygen atoms in total. The molecular formula is C9H7Br2ClO. The van der Waals surface area contributed by atoms with Crippen LogP contribution in [0.1, 0.15) is 5.56 Å². The summed E-state index contributed by atoms with van der Waals surface area (Å²) in [5.74, 6) is 0.757. The van der Waals surface area contributed by atoms with E-state index < -0.39 is 0 Å². The largest absolute Gasteiger partial charge is 0.497 e. The van der Waals surface area contributed by atoms with Crippen molar-refractivity contribution in [2.75, 3.05) is 7.11 Å². The van der Waals surface area contributed by atoms with E-state index in [1.165, 1.54) is 0 Å². The molecule has 0 aliphatic heterocycles. The molecule has 0 aliphatic rings. The van der Waals surface area contributed by atoms with Gasteiger partial charge < -0.3 is 4.74 Å². The molecule has 0 bridgehead atoms. The summed E-state index contributed by atoms with van der Waals surface area (Å²) in [5, 5.41) is 0.663. The van der Waals surface area contributed by atoms with Crippen molar-refractivity contribution in [1.82, 2.24) is 0 Å². The normalized spacial score (nSPS) is 9.54. The van der Waals surface area contributed by atoms with Crippen molar-refractivity contribution >= 4 is 49.5 Å². The predicted molar refractivity (Wildman–Crippen MR) is 63.8 cm³/mol. The first-order chi connectivity index (χ1) is 6.13. The molecule has 0 radical (unpaired) electrons. The molecule has 1 aromatic rings. The minimum atomic E-state index is 0.663. The molecule has 0 atom stereocenters.